The largest absolute Gasteiger partial charge is 0.493 e. The molecule has 1 N–H and O–H groups in total. The predicted molar refractivity (Wildman–Crippen MR) is 128 cm³/mol. The summed E-state index contributed by atoms with van der Waals surface area (Å²) < 4.78 is 5.81. The van der Waals surface area contributed by atoms with Crippen LogP contribution in [0.4, 0.5) is 5.69 Å². The SMILES string of the molecule is CCOc1ccccc1C1[N]C(=O)c2[nH]ncc2N1CC(C)CCN1C(=O)c2ccccc2C1=O. The number of aromatic amines is 1. The summed E-state index contributed by atoms with van der Waals surface area (Å²) in [7, 11) is 0. The molecule has 3 heterocycles. The number of aromatic nitrogens is 2. The van der Waals surface area contributed by atoms with Crippen LogP contribution in [0.15, 0.2) is 54.7 Å². The normalized spacial score (nSPS) is 17.8. The number of H-pyrrole nitrogens is 1. The molecule has 1 radical (unpaired) electrons. The van der Waals surface area contributed by atoms with Crippen LogP contribution in [0, 0.1) is 5.92 Å². The Bertz CT molecular complexity index is 1250. The summed E-state index contributed by atoms with van der Waals surface area (Å²) in [6.07, 6.45) is 1.66. The van der Waals surface area contributed by atoms with Gasteiger partial charge in [-0.2, -0.15) is 5.10 Å². The first-order valence-electron chi connectivity index (χ1n) is 11.7. The highest BCUT2D eigenvalue weighted by atomic mass is 16.5. The maximum absolute atomic E-state index is 12.7. The highest BCUT2D eigenvalue weighted by Crippen LogP contribution is 2.37. The van der Waals surface area contributed by atoms with Crippen molar-refractivity contribution < 1.29 is 19.1 Å². The van der Waals surface area contributed by atoms with E-state index in [1.54, 1.807) is 30.5 Å². The summed E-state index contributed by atoms with van der Waals surface area (Å²) in [5, 5.41) is 11.3. The second-order valence-electron chi connectivity index (χ2n) is 8.76. The molecule has 0 fully saturated rings. The molecule has 3 aromatic rings. The number of benzene rings is 2. The fraction of sp³-hybridized carbons (Fsp3) is 0.308. The third-order valence-electron chi connectivity index (χ3n) is 6.41. The first-order valence-corrected chi connectivity index (χ1v) is 11.7. The van der Waals surface area contributed by atoms with Gasteiger partial charge in [-0.25, -0.2) is 5.32 Å². The Balaban J connectivity index is 1.36. The van der Waals surface area contributed by atoms with E-state index in [9.17, 15) is 14.4 Å². The molecule has 9 nitrogen and oxygen atoms in total. The molecule has 2 aliphatic heterocycles. The van der Waals surface area contributed by atoms with Crippen LogP contribution in [0.25, 0.3) is 0 Å². The Labute approximate surface area is 203 Å². The van der Waals surface area contributed by atoms with Gasteiger partial charge in [-0.3, -0.25) is 24.4 Å². The second kappa shape index (κ2) is 9.25. The Morgan fingerprint density at radius 2 is 1.71 bits per heavy atom. The quantitative estimate of drug-likeness (QED) is 0.503. The molecule has 35 heavy (non-hydrogen) atoms. The van der Waals surface area contributed by atoms with Crippen LogP contribution in [-0.2, 0) is 0 Å². The van der Waals surface area contributed by atoms with Crippen molar-refractivity contribution in [2.24, 2.45) is 5.92 Å². The van der Waals surface area contributed by atoms with E-state index in [0.717, 1.165) is 5.56 Å². The summed E-state index contributed by atoms with van der Waals surface area (Å²) >= 11 is 0. The number of hydrogen-bond acceptors (Lipinski definition) is 6. The Morgan fingerprint density at radius 3 is 2.43 bits per heavy atom. The molecular formula is C26H26N5O4. The first kappa shape index (κ1) is 22.6. The number of carbonyl (C=O) groups is 3. The fourth-order valence-corrected chi connectivity index (χ4v) is 4.67. The van der Waals surface area contributed by atoms with E-state index in [1.165, 1.54) is 4.90 Å². The maximum Gasteiger partial charge on any atom is 0.295 e. The van der Waals surface area contributed by atoms with Crippen LogP contribution in [0.2, 0.25) is 0 Å². The molecule has 179 valence electrons. The minimum Gasteiger partial charge on any atom is -0.493 e. The Morgan fingerprint density at radius 1 is 1.03 bits per heavy atom. The highest BCUT2D eigenvalue weighted by molar-refractivity contribution is 6.21. The van der Waals surface area contributed by atoms with Crippen LogP contribution in [0.3, 0.4) is 0 Å². The van der Waals surface area contributed by atoms with Crippen molar-refractivity contribution in [2.45, 2.75) is 26.4 Å². The van der Waals surface area contributed by atoms with E-state index >= 15 is 0 Å². The number of nitrogens with zero attached hydrogens (tertiary/aromatic N) is 4. The zero-order valence-electron chi connectivity index (χ0n) is 19.6. The predicted octanol–water partition coefficient (Wildman–Crippen LogP) is 3.39. The van der Waals surface area contributed by atoms with Crippen molar-refractivity contribution in [1.29, 1.82) is 0 Å². The molecule has 0 spiro atoms. The molecule has 2 atom stereocenters. The average molecular weight is 473 g/mol. The lowest BCUT2D eigenvalue weighted by molar-refractivity contribution is 0.0645. The van der Waals surface area contributed by atoms with Crippen molar-refractivity contribution in [1.82, 2.24) is 20.4 Å². The smallest absolute Gasteiger partial charge is 0.295 e. The van der Waals surface area contributed by atoms with Crippen LogP contribution < -0.4 is 15.0 Å². The van der Waals surface area contributed by atoms with Gasteiger partial charge in [0.05, 0.1) is 29.6 Å². The molecule has 0 saturated heterocycles. The van der Waals surface area contributed by atoms with Gasteiger partial charge in [0.1, 0.15) is 11.4 Å². The van der Waals surface area contributed by atoms with Gasteiger partial charge >= 0.3 is 0 Å². The molecular weight excluding hydrogens is 446 g/mol. The summed E-state index contributed by atoms with van der Waals surface area (Å²) in [6, 6.07) is 14.5. The number of anilines is 1. The van der Waals surface area contributed by atoms with E-state index in [1.807, 2.05) is 36.1 Å². The third kappa shape index (κ3) is 4.03. The Hall–Kier alpha value is -4.14. The molecule has 1 aromatic heterocycles. The average Bonchev–Trinajstić information content (AvgIpc) is 3.45. The van der Waals surface area contributed by atoms with Gasteiger partial charge in [0, 0.05) is 18.7 Å². The number of hydrogen-bond donors (Lipinski definition) is 1. The van der Waals surface area contributed by atoms with Crippen molar-refractivity contribution >= 4 is 23.4 Å². The highest BCUT2D eigenvalue weighted by Gasteiger charge is 2.38. The summed E-state index contributed by atoms with van der Waals surface area (Å²) in [6.45, 7) is 5.31. The number of imide groups is 1. The lowest BCUT2D eigenvalue weighted by Crippen LogP contribution is -2.44. The Kier molecular flexibility index (Phi) is 5.98. The van der Waals surface area contributed by atoms with Crippen LogP contribution >= 0.6 is 0 Å². The van der Waals surface area contributed by atoms with Crippen LogP contribution in [0.1, 0.15) is 63.2 Å². The molecule has 5 rings (SSSR count). The minimum absolute atomic E-state index is 0.0761. The standard InChI is InChI=1S/C26H26N5O4/c1-3-35-21-11-7-6-10-19(21)23-28-24(32)22-20(14-27-29-22)31(23)15-16(2)12-13-30-25(33)17-8-4-5-9-18(17)26(30)34/h4-11,14,16,23H,3,12-13,15H2,1-2H3,(H,27,29). The number of ether oxygens (including phenoxy) is 1. The number of amides is 3. The fourth-order valence-electron chi connectivity index (χ4n) is 4.67. The number of fused-ring (bicyclic) bond motifs is 2. The molecule has 2 unspecified atom stereocenters. The van der Waals surface area contributed by atoms with Gasteiger partial charge in [-0.05, 0) is 37.5 Å². The van der Waals surface area contributed by atoms with E-state index in [4.69, 9.17) is 4.74 Å². The van der Waals surface area contributed by atoms with Gasteiger partial charge in [0.2, 0.25) is 0 Å². The molecule has 9 heteroatoms. The van der Waals surface area contributed by atoms with Gasteiger partial charge in [0.15, 0.2) is 6.17 Å². The van der Waals surface area contributed by atoms with Gasteiger partial charge < -0.3 is 9.64 Å². The van der Waals surface area contributed by atoms with Crippen molar-refractivity contribution in [3.8, 4) is 5.75 Å². The van der Waals surface area contributed by atoms with E-state index < -0.39 is 6.17 Å². The maximum atomic E-state index is 12.7. The summed E-state index contributed by atoms with van der Waals surface area (Å²) in [5.74, 6) is -0.114. The van der Waals surface area contributed by atoms with Gasteiger partial charge in [0.25, 0.3) is 17.7 Å². The monoisotopic (exact) mass is 472 g/mol. The summed E-state index contributed by atoms with van der Waals surface area (Å²) in [4.78, 5) is 41.5. The van der Waals surface area contributed by atoms with E-state index in [2.05, 4.69) is 22.4 Å². The zero-order chi connectivity index (χ0) is 24.5. The number of carbonyl (C=O) groups excluding carboxylic acids is 3. The lowest BCUT2D eigenvalue weighted by atomic mass is 10.0. The van der Waals surface area contributed by atoms with Crippen molar-refractivity contribution in [3.63, 3.8) is 0 Å². The molecule has 2 aromatic carbocycles. The van der Waals surface area contributed by atoms with Crippen LogP contribution in [0.5, 0.6) is 5.75 Å². The molecule has 0 bridgehead atoms. The third-order valence-corrected chi connectivity index (χ3v) is 6.41. The summed E-state index contributed by atoms with van der Waals surface area (Å²) in [5.41, 5.74) is 2.72. The van der Waals surface area contributed by atoms with E-state index in [0.29, 0.717) is 54.4 Å². The number of para-hydroxylation sites is 1. The minimum atomic E-state index is -0.572. The van der Waals surface area contributed by atoms with Crippen molar-refractivity contribution in [2.75, 3.05) is 24.6 Å². The number of rotatable bonds is 8. The van der Waals surface area contributed by atoms with Crippen molar-refractivity contribution in [3.05, 3.63) is 77.1 Å². The molecule has 0 saturated carbocycles. The first-order chi connectivity index (χ1) is 17.0. The molecule has 2 aliphatic rings. The lowest BCUT2D eigenvalue weighted by Gasteiger charge is -2.38. The zero-order valence-corrected chi connectivity index (χ0v) is 19.6. The molecule has 3 amide bonds. The topological polar surface area (TPSA) is 110 Å². The van der Waals surface area contributed by atoms with Gasteiger partial charge in [-0.1, -0.05) is 37.3 Å². The second-order valence-corrected chi connectivity index (χ2v) is 8.76. The molecule has 0 aliphatic carbocycles. The van der Waals surface area contributed by atoms with Gasteiger partial charge in [-0.15, -0.1) is 0 Å². The van der Waals surface area contributed by atoms with Crippen LogP contribution in [-0.4, -0.2) is 52.5 Å². The van der Waals surface area contributed by atoms with E-state index in [-0.39, 0.29) is 23.6 Å². The number of nitrogens with one attached hydrogen (secondary N) is 1.